The topological polar surface area (TPSA) is 67.6 Å². The van der Waals surface area contributed by atoms with Gasteiger partial charge in [-0.3, -0.25) is 15.0 Å². The maximum absolute atomic E-state index is 12.6. The van der Waals surface area contributed by atoms with Gasteiger partial charge in [0.05, 0.1) is 5.69 Å². The molecular formula is C27H27N3O3S. The number of rotatable bonds is 6. The number of ether oxygens (including phenoxy) is 1. The molecule has 1 aliphatic heterocycles. The van der Waals surface area contributed by atoms with Crippen molar-refractivity contribution in [2.75, 3.05) is 18.5 Å². The third-order valence-corrected chi connectivity index (χ3v) is 7.60. The second kappa shape index (κ2) is 9.24. The van der Waals surface area contributed by atoms with E-state index in [0.29, 0.717) is 10.9 Å². The number of furan rings is 1. The van der Waals surface area contributed by atoms with Gasteiger partial charge in [-0.1, -0.05) is 30.3 Å². The fourth-order valence-electron chi connectivity index (χ4n) is 4.91. The van der Waals surface area contributed by atoms with E-state index in [2.05, 4.69) is 39.5 Å². The van der Waals surface area contributed by atoms with Crippen LogP contribution in [0.2, 0.25) is 0 Å². The zero-order valence-corrected chi connectivity index (χ0v) is 19.8. The van der Waals surface area contributed by atoms with Gasteiger partial charge < -0.3 is 9.15 Å². The minimum atomic E-state index is -0.193. The molecule has 1 aliphatic carbocycles. The van der Waals surface area contributed by atoms with E-state index in [1.807, 2.05) is 24.3 Å². The minimum absolute atomic E-state index is 0.0457. The smallest absolute Gasteiger partial charge is 0.264 e. The molecule has 0 atom stereocenters. The van der Waals surface area contributed by atoms with Gasteiger partial charge in [0.2, 0.25) is 0 Å². The number of fused-ring (bicyclic) bond motifs is 4. The number of carbonyl (C=O) groups excluding carboxylic acids is 1. The van der Waals surface area contributed by atoms with E-state index < -0.39 is 0 Å². The minimum Gasteiger partial charge on any atom is -0.484 e. The lowest BCUT2D eigenvalue weighted by atomic mass is 9.96. The fourth-order valence-corrected chi connectivity index (χ4v) is 5.98. The van der Waals surface area contributed by atoms with Crippen LogP contribution in [0.5, 0.6) is 5.75 Å². The third-order valence-electron chi connectivity index (χ3n) is 6.60. The molecule has 7 heteroatoms. The Morgan fingerprint density at radius 2 is 2.00 bits per heavy atom. The third kappa shape index (κ3) is 4.45. The lowest BCUT2D eigenvalue weighted by Crippen LogP contribution is -2.29. The zero-order valence-electron chi connectivity index (χ0n) is 19.0. The van der Waals surface area contributed by atoms with Gasteiger partial charge in [-0.05, 0) is 43.0 Å². The zero-order chi connectivity index (χ0) is 22.9. The standard InChI is InChI=1S/C27H27N3O3S/c31-26(17-32-19-10-11-24-21(14-19)20-8-4-5-9-23(20)33-24)29-27-28-22-12-13-30(16-25(22)34-27)15-18-6-2-1-3-7-18/h1-3,6-7,10-11,14H,4-5,8-9,12-13,15-17H2,(H,28,29,31). The second-order valence-corrected chi connectivity index (χ2v) is 10.1. The number of carbonyl (C=O) groups is 1. The van der Waals surface area contributed by atoms with Crippen LogP contribution in [0, 0.1) is 0 Å². The van der Waals surface area contributed by atoms with Crippen molar-refractivity contribution in [2.24, 2.45) is 0 Å². The van der Waals surface area contributed by atoms with Gasteiger partial charge in [0.15, 0.2) is 11.7 Å². The van der Waals surface area contributed by atoms with Crippen LogP contribution in [0.1, 0.15) is 40.3 Å². The van der Waals surface area contributed by atoms with Crippen LogP contribution in [-0.2, 0) is 37.1 Å². The molecule has 34 heavy (non-hydrogen) atoms. The van der Waals surface area contributed by atoms with Crippen molar-refractivity contribution in [3.05, 3.63) is 76.0 Å². The quantitative estimate of drug-likeness (QED) is 0.409. The molecule has 0 radical (unpaired) electrons. The van der Waals surface area contributed by atoms with Crippen LogP contribution in [0.3, 0.4) is 0 Å². The van der Waals surface area contributed by atoms with Crippen LogP contribution < -0.4 is 10.1 Å². The first-order chi connectivity index (χ1) is 16.7. The van der Waals surface area contributed by atoms with Crippen LogP contribution in [-0.4, -0.2) is 28.9 Å². The molecule has 2 aliphatic rings. The normalized spacial score (nSPS) is 15.6. The summed E-state index contributed by atoms with van der Waals surface area (Å²) < 4.78 is 11.8. The molecule has 1 amide bonds. The molecule has 4 aromatic rings. The molecular weight excluding hydrogens is 446 g/mol. The Morgan fingerprint density at radius 3 is 2.91 bits per heavy atom. The summed E-state index contributed by atoms with van der Waals surface area (Å²) >= 11 is 1.57. The van der Waals surface area contributed by atoms with Crippen LogP contribution >= 0.6 is 11.3 Å². The van der Waals surface area contributed by atoms with Crippen molar-refractivity contribution >= 4 is 33.3 Å². The first-order valence-electron chi connectivity index (χ1n) is 11.9. The van der Waals surface area contributed by atoms with Crippen LogP contribution in [0.15, 0.2) is 52.9 Å². The maximum atomic E-state index is 12.6. The van der Waals surface area contributed by atoms with E-state index >= 15 is 0 Å². The van der Waals surface area contributed by atoms with E-state index in [0.717, 1.165) is 61.3 Å². The van der Waals surface area contributed by atoms with Gasteiger partial charge >= 0.3 is 0 Å². The summed E-state index contributed by atoms with van der Waals surface area (Å²) in [6.45, 7) is 2.72. The highest BCUT2D eigenvalue weighted by atomic mass is 32.1. The number of anilines is 1. The molecule has 0 bridgehead atoms. The van der Waals surface area contributed by atoms with E-state index in [4.69, 9.17) is 9.15 Å². The number of hydrogen-bond donors (Lipinski definition) is 1. The largest absolute Gasteiger partial charge is 0.484 e. The molecule has 6 rings (SSSR count). The molecule has 0 unspecified atom stereocenters. The highest BCUT2D eigenvalue weighted by Gasteiger charge is 2.22. The Balaban J connectivity index is 1.06. The highest BCUT2D eigenvalue weighted by Crippen LogP contribution is 2.34. The summed E-state index contributed by atoms with van der Waals surface area (Å²) in [7, 11) is 0. The first kappa shape index (κ1) is 21.4. The Kier molecular flexibility index (Phi) is 5.81. The van der Waals surface area contributed by atoms with E-state index in [1.54, 1.807) is 11.3 Å². The van der Waals surface area contributed by atoms with E-state index in [9.17, 15) is 4.79 Å². The molecule has 2 aromatic heterocycles. The summed E-state index contributed by atoms with van der Waals surface area (Å²) in [5, 5.41) is 4.69. The van der Waals surface area contributed by atoms with E-state index in [-0.39, 0.29) is 12.5 Å². The number of hydrogen-bond acceptors (Lipinski definition) is 6. The molecule has 0 fully saturated rings. The molecule has 3 heterocycles. The number of aryl methyl sites for hydroxylation is 2. The van der Waals surface area contributed by atoms with Crippen molar-refractivity contribution in [1.82, 2.24) is 9.88 Å². The molecule has 0 saturated carbocycles. The van der Waals surface area contributed by atoms with Gasteiger partial charge in [-0.2, -0.15) is 0 Å². The van der Waals surface area contributed by atoms with Gasteiger partial charge in [-0.15, -0.1) is 11.3 Å². The number of amides is 1. The molecule has 0 saturated heterocycles. The fraction of sp³-hybridized carbons (Fsp3) is 0.333. The monoisotopic (exact) mass is 473 g/mol. The van der Waals surface area contributed by atoms with Gasteiger partial charge in [0.25, 0.3) is 5.91 Å². The van der Waals surface area contributed by atoms with Gasteiger partial charge in [0, 0.05) is 48.3 Å². The van der Waals surface area contributed by atoms with Crippen LogP contribution in [0.25, 0.3) is 11.0 Å². The predicted molar refractivity (Wildman–Crippen MR) is 133 cm³/mol. The molecule has 1 N–H and O–H groups in total. The molecule has 0 spiro atoms. The molecule has 2 aromatic carbocycles. The highest BCUT2D eigenvalue weighted by molar-refractivity contribution is 7.15. The molecule has 6 nitrogen and oxygen atoms in total. The Labute approximate surface area is 202 Å². The number of nitrogens with zero attached hydrogens (tertiary/aromatic N) is 2. The summed E-state index contributed by atoms with van der Waals surface area (Å²) in [4.78, 5) is 20.9. The maximum Gasteiger partial charge on any atom is 0.264 e. The van der Waals surface area contributed by atoms with Gasteiger partial charge in [0.1, 0.15) is 17.1 Å². The Hall–Kier alpha value is -3.16. The lowest BCUT2D eigenvalue weighted by molar-refractivity contribution is -0.118. The summed E-state index contributed by atoms with van der Waals surface area (Å²) in [5.41, 5.74) is 4.61. The Bertz CT molecular complexity index is 1330. The predicted octanol–water partition coefficient (Wildman–Crippen LogP) is 5.34. The van der Waals surface area contributed by atoms with E-state index in [1.165, 1.54) is 28.8 Å². The summed E-state index contributed by atoms with van der Waals surface area (Å²) in [6.07, 6.45) is 5.33. The van der Waals surface area contributed by atoms with Crippen molar-refractivity contribution in [3.63, 3.8) is 0 Å². The number of nitrogens with one attached hydrogen (secondary N) is 1. The van der Waals surface area contributed by atoms with Crippen molar-refractivity contribution in [2.45, 2.75) is 45.2 Å². The van der Waals surface area contributed by atoms with Crippen molar-refractivity contribution in [3.8, 4) is 5.75 Å². The summed E-state index contributed by atoms with van der Waals surface area (Å²) in [6, 6.07) is 16.3. The Morgan fingerprint density at radius 1 is 1.12 bits per heavy atom. The SMILES string of the molecule is O=C(COc1ccc2oc3c(c2c1)CCCC3)Nc1nc2c(s1)CN(Cc1ccccc1)CC2. The van der Waals surface area contributed by atoms with Crippen LogP contribution in [0.4, 0.5) is 5.13 Å². The lowest BCUT2D eigenvalue weighted by Gasteiger charge is -2.25. The first-order valence-corrected chi connectivity index (χ1v) is 12.7. The molecule has 174 valence electrons. The van der Waals surface area contributed by atoms with Crippen molar-refractivity contribution in [1.29, 1.82) is 0 Å². The number of benzene rings is 2. The number of aromatic nitrogens is 1. The average molecular weight is 474 g/mol. The average Bonchev–Trinajstić information content (AvgIpc) is 3.43. The second-order valence-electron chi connectivity index (χ2n) is 9.04. The number of thiazole rings is 1. The van der Waals surface area contributed by atoms with Gasteiger partial charge in [-0.25, -0.2) is 4.98 Å². The summed E-state index contributed by atoms with van der Waals surface area (Å²) in [5.74, 6) is 1.60. The van der Waals surface area contributed by atoms with Crippen molar-refractivity contribution < 1.29 is 13.9 Å².